The topological polar surface area (TPSA) is 37.4 Å². The number of fused-ring (bicyclic) bond motifs is 1. The number of Topliss-reactive ketones (excluding diaryl/α,β-unsaturated/α-hetero) is 1. The SMILES string of the molecule is CC(=O)C1c2ccccc2CCN1C(C)=O. The summed E-state index contributed by atoms with van der Waals surface area (Å²) in [4.78, 5) is 24.8. The maximum Gasteiger partial charge on any atom is 0.220 e. The minimum atomic E-state index is -0.387. The van der Waals surface area contributed by atoms with E-state index in [1.807, 2.05) is 24.3 Å². The number of benzene rings is 1. The number of ketones is 1. The van der Waals surface area contributed by atoms with E-state index in [-0.39, 0.29) is 17.7 Å². The molecule has 1 amide bonds. The van der Waals surface area contributed by atoms with Crippen molar-refractivity contribution in [3.8, 4) is 0 Å². The Morgan fingerprint density at radius 1 is 1.25 bits per heavy atom. The van der Waals surface area contributed by atoms with E-state index in [0.29, 0.717) is 6.54 Å². The Bertz CT molecular complexity index is 439. The lowest BCUT2D eigenvalue weighted by molar-refractivity contribution is -0.138. The van der Waals surface area contributed by atoms with E-state index in [1.54, 1.807) is 11.8 Å². The first-order chi connectivity index (χ1) is 7.61. The van der Waals surface area contributed by atoms with Gasteiger partial charge in [-0.15, -0.1) is 0 Å². The van der Waals surface area contributed by atoms with E-state index < -0.39 is 0 Å². The van der Waals surface area contributed by atoms with Gasteiger partial charge >= 0.3 is 0 Å². The molecule has 0 bridgehead atoms. The molecule has 3 nitrogen and oxygen atoms in total. The smallest absolute Gasteiger partial charge is 0.220 e. The van der Waals surface area contributed by atoms with Crippen LogP contribution in [0.3, 0.4) is 0 Å². The highest BCUT2D eigenvalue weighted by atomic mass is 16.2. The molecule has 1 aliphatic heterocycles. The molecule has 1 aromatic rings. The van der Waals surface area contributed by atoms with E-state index in [4.69, 9.17) is 0 Å². The van der Waals surface area contributed by atoms with Gasteiger partial charge in [-0.1, -0.05) is 24.3 Å². The maximum absolute atomic E-state index is 11.7. The Morgan fingerprint density at radius 2 is 1.94 bits per heavy atom. The molecule has 84 valence electrons. The van der Waals surface area contributed by atoms with Crippen LogP contribution in [0.5, 0.6) is 0 Å². The van der Waals surface area contributed by atoms with Crippen molar-refractivity contribution < 1.29 is 9.59 Å². The van der Waals surface area contributed by atoms with E-state index in [0.717, 1.165) is 12.0 Å². The largest absolute Gasteiger partial charge is 0.328 e. The molecule has 16 heavy (non-hydrogen) atoms. The van der Waals surface area contributed by atoms with Crippen molar-refractivity contribution in [2.45, 2.75) is 26.3 Å². The molecule has 0 saturated heterocycles. The van der Waals surface area contributed by atoms with Crippen molar-refractivity contribution in [1.82, 2.24) is 4.90 Å². The molecule has 0 radical (unpaired) electrons. The maximum atomic E-state index is 11.7. The van der Waals surface area contributed by atoms with Crippen molar-refractivity contribution in [3.05, 3.63) is 35.4 Å². The fourth-order valence-corrected chi connectivity index (χ4v) is 2.34. The predicted molar refractivity (Wildman–Crippen MR) is 61.0 cm³/mol. The van der Waals surface area contributed by atoms with Crippen LogP contribution >= 0.6 is 0 Å². The molecule has 0 saturated carbocycles. The van der Waals surface area contributed by atoms with Crippen molar-refractivity contribution in [2.24, 2.45) is 0 Å². The number of amides is 1. The van der Waals surface area contributed by atoms with Gasteiger partial charge in [0, 0.05) is 13.5 Å². The molecule has 1 atom stereocenters. The van der Waals surface area contributed by atoms with Crippen molar-refractivity contribution >= 4 is 11.7 Å². The summed E-state index contributed by atoms with van der Waals surface area (Å²) >= 11 is 0. The van der Waals surface area contributed by atoms with Crippen molar-refractivity contribution in [3.63, 3.8) is 0 Å². The minimum Gasteiger partial charge on any atom is -0.328 e. The lowest BCUT2D eigenvalue weighted by Gasteiger charge is -2.35. The van der Waals surface area contributed by atoms with Gasteiger partial charge in [0.2, 0.25) is 5.91 Å². The summed E-state index contributed by atoms with van der Waals surface area (Å²) in [5, 5.41) is 0. The van der Waals surface area contributed by atoms with E-state index >= 15 is 0 Å². The lowest BCUT2D eigenvalue weighted by atomic mass is 9.90. The van der Waals surface area contributed by atoms with Crippen LogP contribution in [0.2, 0.25) is 0 Å². The first-order valence-corrected chi connectivity index (χ1v) is 5.46. The average molecular weight is 217 g/mol. The summed E-state index contributed by atoms with van der Waals surface area (Å²) in [5.74, 6) is -0.00273. The highest BCUT2D eigenvalue weighted by Gasteiger charge is 2.31. The second-order valence-corrected chi connectivity index (χ2v) is 4.17. The quantitative estimate of drug-likeness (QED) is 0.718. The molecule has 0 aliphatic carbocycles. The fourth-order valence-electron chi connectivity index (χ4n) is 2.34. The van der Waals surface area contributed by atoms with Crippen LogP contribution in [-0.4, -0.2) is 23.1 Å². The Balaban J connectivity index is 2.47. The molecule has 1 heterocycles. The van der Waals surface area contributed by atoms with Crippen LogP contribution in [0.4, 0.5) is 0 Å². The lowest BCUT2D eigenvalue weighted by Crippen LogP contribution is -2.41. The Hall–Kier alpha value is -1.64. The molecular formula is C13H15NO2. The molecule has 1 aliphatic rings. The summed E-state index contributed by atoms with van der Waals surface area (Å²) < 4.78 is 0. The Morgan fingerprint density at radius 3 is 2.56 bits per heavy atom. The molecule has 3 heteroatoms. The van der Waals surface area contributed by atoms with Gasteiger partial charge in [-0.2, -0.15) is 0 Å². The minimum absolute atomic E-state index is 0.0300. The normalized spacial score (nSPS) is 19.1. The van der Waals surface area contributed by atoms with E-state index in [1.165, 1.54) is 12.5 Å². The molecular weight excluding hydrogens is 202 g/mol. The molecule has 1 unspecified atom stereocenters. The first kappa shape index (κ1) is 10.9. The number of carbonyl (C=O) groups excluding carboxylic acids is 2. The van der Waals surface area contributed by atoms with Crippen molar-refractivity contribution in [2.75, 3.05) is 6.54 Å². The fraction of sp³-hybridized carbons (Fsp3) is 0.385. The van der Waals surface area contributed by atoms with Crippen LogP contribution in [0.25, 0.3) is 0 Å². The Kier molecular flexibility index (Phi) is 2.77. The zero-order valence-corrected chi connectivity index (χ0v) is 9.56. The predicted octanol–water partition coefficient (Wildman–Crippen LogP) is 1.72. The second-order valence-electron chi connectivity index (χ2n) is 4.17. The van der Waals surface area contributed by atoms with Gasteiger partial charge in [-0.05, 0) is 24.5 Å². The highest BCUT2D eigenvalue weighted by molar-refractivity contribution is 5.88. The monoisotopic (exact) mass is 217 g/mol. The summed E-state index contributed by atoms with van der Waals surface area (Å²) in [7, 11) is 0. The van der Waals surface area contributed by atoms with Crippen LogP contribution < -0.4 is 0 Å². The summed E-state index contributed by atoms with van der Waals surface area (Å²) in [6, 6.07) is 7.47. The molecule has 0 fully saturated rings. The van der Waals surface area contributed by atoms with Crippen LogP contribution in [0, 0.1) is 0 Å². The number of rotatable bonds is 1. The van der Waals surface area contributed by atoms with E-state index in [2.05, 4.69) is 0 Å². The van der Waals surface area contributed by atoms with Gasteiger partial charge in [0.25, 0.3) is 0 Å². The van der Waals surface area contributed by atoms with Gasteiger partial charge in [-0.25, -0.2) is 0 Å². The van der Waals surface area contributed by atoms with E-state index in [9.17, 15) is 9.59 Å². The van der Waals surface area contributed by atoms with Crippen LogP contribution in [0.15, 0.2) is 24.3 Å². The molecule has 0 aromatic heterocycles. The van der Waals surface area contributed by atoms with Gasteiger partial charge in [0.05, 0.1) is 0 Å². The number of nitrogens with zero attached hydrogens (tertiary/aromatic N) is 1. The Labute approximate surface area is 95.1 Å². The summed E-state index contributed by atoms with van der Waals surface area (Å²) in [6.45, 7) is 3.70. The van der Waals surface area contributed by atoms with Gasteiger partial charge < -0.3 is 4.90 Å². The average Bonchev–Trinajstić information content (AvgIpc) is 2.27. The first-order valence-electron chi connectivity index (χ1n) is 5.46. The summed E-state index contributed by atoms with van der Waals surface area (Å²) in [5.41, 5.74) is 2.16. The second kappa shape index (κ2) is 4.08. The zero-order chi connectivity index (χ0) is 11.7. The molecule has 1 aromatic carbocycles. The number of carbonyl (C=O) groups is 2. The van der Waals surface area contributed by atoms with Gasteiger partial charge in [0.15, 0.2) is 5.78 Å². The molecule has 2 rings (SSSR count). The molecule has 0 N–H and O–H groups in total. The third kappa shape index (κ3) is 1.73. The molecule has 0 spiro atoms. The zero-order valence-electron chi connectivity index (χ0n) is 9.56. The standard InChI is InChI=1S/C13H15NO2/c1-9(15)13-12-6-4-3-5-11(12)7-8-14(13)10(2)16/h3-6,13H,7-8H2,1-2H3. The van der Waals surface area contributed by atoms with Crippen LogP contribution in [0.1, 0.15) is 31.0 Å². The van der Waals surface area contributed by atoms with Gasteiger partial charge in [0.1, 0.15) is 6.04 Å². The number of hydrogen-bond donors (Lipinski definition) is 0. The third-order valence-corrected chi connectivity index (χ3v) is 3.07. The van der Waals surface area contributed by atoms with Crippen molar-refractivity contribution in [1.29, 1.82) is 0 Å². The van der Waals surface area contributed by atoms with Crippen LogP contribution in [-0.2, 0) is 16.0 Å². The summed E-state index contributed by atoms with van der Waals surface area (Å²) in [6.07, 6.45) is 0.833. The van der Waals surface area contributed by atoms with Gasteiger partial charge in [-0.3, -0.25) is 9.59 Å². The third-order valence-electron chi connectivity index (χ3n) is 3.07. The highest BCUT2D eigenvalue weighted by Crippen LogP contribution is 2.30. The number of hydrogen-bond acceptors (Lipinski definition) is 2.